The molecule has 0 radical (unpaired) electrons. The molecule has 1 aromatic carbocycles. The highest BCUT2D eigenvalue weighted by Gasteiger charge is 2.58. The molecule has 2 atom stereocenters. The summed E-state index contributed by atoms with van der Waals surface area (Å²) in [5, 5.41) is 3.03. The zero-order chi connectivity index (χ0) is 25.1. The molecule has 0 bridgehead atoms. The summed E-state index contributed by atoms with van der Waals surface area (Å²) in [7, 11) is 1.61. The highest BCUT2D eigenvalue weighted by molar-refractivity contribution is 6.07. The van der Waals surface area contributed by atoms with E-state index in [1.54, 1.807) is 25.4 Å². The second-order valence-electron chi connectivity index (χ2n) is 9.69. The Morgan fingerprint density at radius 2 is 2.00 bits per heavy atom. The van der Waals surface area contributed by atoms with Gasteiger partial charge in [0.05, 0.1) is 31.9 Å². The number of aromatic nitrogens is 1. The highest BCUT2D eigenvalue weighted by Crippen LogP contribution is 2.41. The van der Waals surface area contributed by atoms with Crippen molar-refractivity contribution >= 4 is 17.8 Å². The minimum absolute atomic E-state index is 0.0374. The summed E-state index contributed by atoms with van der Waals surface area (Å²) in [5.74, 6) is 0.303. The van der Waals surface area contributed by atoms with Gasteiger partial charge in [0.2, 0.25) is 5.91 Å². The van der Waals surface area contributed by atoms with Crippen LogP contribution in [0.4, 0.5) is 4.79 Å². The largest absolute Gasteiger partial charge is 0.497 e. The maximum atomic E-state index is 13.9. The van der Waals surface area contributed by atoms with Crippen molar-refractivity contribution in [3.8, 4) is 5.75 Å². The van der Waals surface area contributed by atoms with Crippen molar-refractivity contribution in [3.05, 3.63) is 59.9 Å². The van der Waals surface area contributed by atoms with E-state index >= 15 is 0 Å². The van der Waals surface area contributed by atoms with Gasteiger partial charge in [0.1, 0.15) is 5.75 Å². The van der Waals surface area contributed by atoms with Gasteiger partial charge in [-0.05, 0) is 55.5 Å². The Morgan fingerprint density at radius 1 is 1.17 bits per heavy atom. The quantitative estimate of drug-likeness (QED) is 0.596. The number of likely N-dealkylation sites (tertiary alicyclic amines) is 1. The summed E-state index contributed by atoms with van der Waals surface area (Å²) >= 11 is 0. The number of imide groups is 1. The minimum Gasteiger partial charge on any atom is -0.497 e. The molecule has 1 aromatic heterocycles. The number of nitrogens with zero attached hydrogens (tertiary/aromatic N) is 3. The van der Waals surface area contributed by atoms with Crippen LogP contribution >= 0.6 is 0 Å². The Labute approximate surface area is 210 Å². The number of carbonyl (C=O) groups excluding carboxylic acids is 3. The van der Waals surface area contributed by atoms with E-state index in [2.05, 4.69) is 10.3 Å². The fourth-order valence-corrected chi connectivity index (χ4v) is 5.64. The third-order valence-corrected chi connectivity index (χ3v) is 7.56. The van der Waals surface area contributed by atoms with Gasteiger partial charge in [0.25, 0.3) is 5.91 Å². The lowest BCUT2D eigenvalue weighted by Gasteiger charge is -2.40. The zero-order valence-corrected chi connectivity index (χ0v) is 20.5. The first-order valence-corrected chi connectivity index (χ1v) is 12.6. The number of carbonyl (C=O) groups is 3. The van der Waals surface area contributed by atoms with Gasteiger partial charge in [-0.2, -0.15) is 0 Å². The molecule has 9 heteroatoms. The first-order chi connectivity index (χ1) is 17.5. The third-order valence-electron chi connectivity index (χ3n) is 7.56. The van der Waals surface area contributed by atoms with Crippen LogP contribution in [0.15, 0.2) is 48.7 Å². The lowest BCUT2D eigenvalue weighted by Crippen LogP contribution is -2.55. The Balaban J connectivity index is 1.32. The SMILES string of the molecule is COc1cccc(CC(=O)N2CCC([C@@]3(c4ccccn4)NC(=O)N(C[C@H]4CCCO4)C3=O)CC2)c1. The summed E-state index contributed by atoms with van der Waals surface area (Å²) in [6, 6.07) is 12.5. The van der Waals surface area contributed by atoms with Crippen LogP contribution in [-0.2, 0) is 26.3 Å². The van der Waals surface area contributed by atoms with Crippen molar-refractivity contribution in [1.82, 2.24) is 20.1 Å². The Morgan fingerprint density at radius 3 is 2.69 bits per heavy atom. The molecule has 3 saturated heterocycles. The smallest absolute Gasteiger partial charge is 0.325 e. The lowest BCUT2D eigenvalue weighted by molar-refractivity contribution is -0.137. The van der Waals surface area contributed by atoms with Crippen LogP contribution in [0.1, 0.15) is 36.9 Å². The van der Waals surface area contributed by atoms with E-state index in [0.29, 0.717) is 38.2 Å². The van der Waals surface area contributed by atoms with Crippen molar-refractivity contribution in [2.45, 2.75) is 43.7 Å². The topological polar surface area (TPSA) is 101 Å². The molecule has 3 aliphatic rings. The second-order valence-corrected chi connectivity index (χ2v) is 9.69. The number of amides is 4. The lowest BCUT2D eigenvalue weighted by atomic mass is 9.75. The number of hydrogen-bond acceptors (Lipinski definition) is 6. The second kappa shape index (κ2) is 10.3. The molecule has 9 nitrogen and oxygen atoms in total. The van der Waals surface area contributed by atoms with Crippen LogP contribution in [0, 0.1) is 5.92 Å². The van der Waals surface area contributed by atoms with Gasteiger partial charge in [-0.1, -0.05) is 18.2 Å². The van der Waals surface area contributed by atoms with Gasteiger partial charge >= 0.3 is 6.03 Å². The van der Waals surface area contributed by atoms with Crippen molar-refractivity contribution in [2.24, 2.45) is 5.92 Å². The molecule has 0 spiro atoms. The first kappa shape index (κ1) is 24.2. The van der Waals surface area contributed by atoms with Crippen molar-refractivity contribution < 1.29 is 23.9 Å². The van der Waals surface area contributed by atoms with Crippen LogP contribution in [0.5, 0.6) is 5.75 Å². The number of benzene rings is 1. The van der Waals surface area contributed by atoms with Gasteiger partial charge in [0.15, 0.2) is 5.54 Å². The van der Waals surface area contributed by atoms with Crippen LogP contribution in [0.2, 0.25) is 0 Å². The Hall–Kier alpha value is -3.46. The summed E-state index contributed by atoms with van der Waals surface area (Å²) in [6.45, 7) is 1.92. The van der Waals surface area contributed by atoms with Crippen LogP contribution in [0.25, 0.3) is 0 Å². The molecule has 0 aliphatic carbocycles. The number of pyridine rings is 1. The van der Waals surface area contributed by atoms with E-state index in [9.17, 15) is 14.4 Å². The molecule has 4 amide bonds. The molecule has 36 heavy (non-hydrogen) atoms. The van der Waals surface area contributed by atoms with Gasteiger partial charge in [0, 0.05) is 31.8 Å². The predicted molar refractivity (Wildman–Crippen MR) is 131 cm³/mol. The molecule has 0 unspecified atom stereocenters. The molecule has 2 aromatic rings. The highest BCUT2D eigenvalue weighted by atomic mass is 16.5. The van der Waals surface area contributed by atoms with Crippen LogP contribution in [0.3, 0.4) is 0 Å². The summed E-state index contributed by atoms with van der Waals surface area (Å²) in [4.78, 5) is 47.6. The van der Waals surface area contributed by atoms with Gasteiger partial charge in [-0.15, -0.1) is 0 Å². The van der Waals surface area contributed by atoms with Crippen LogP contribution in [-0.4, -0.2) is 72.1 Å². The number of rotatable bonds is 7. The van der Waals surface area contributed by atoms with E-state index in [4.69, 9.17) is 9.47 Å². The summed E-state index contributed by atoms with van der Waals surface area (Å²) in [6.07, 6.45) is 4.74. The number of nitrogens with one attached hydrogen (secondary N) is 1. The molecule has 3 fully saturated rings. The fraction of sp³-hybridized carbons (Fsp3) is 0.481. The zero-order valence-electron chi connectivity index (χ0n) is 20.5. The molecule has 4 heterocycles. The van der Waals surface area contributed by atoms with Crippen LogP contribution < -0.4 is 10.1 Å². The number of piperidine rings is 1. The third kappa shape index (κ3) is 4.55. The maximum Gasteiger partial charge on any atom is 0.325 e. The maximum absolute atomic E-state index is 13.9. The normalized spacial score (nSPS) is 24.8. The number of methoxy groups -OCH3 is 1. The minimum atomic E-state index is -1.24. The fourth-order valence-electron chi connectivity index (χ4n) is 5.64. The average molecular weight is 493 g/mol. The molecule has 5 rings (SSSR count). The van der Waals surface area contributed by atoms with Crippen molar-refractivity contribution in [1.29, 1.82) is 0 Å². The van der Waals surface area contributed by atoms with Gasteiger partial charge in [-0.25, -0.2) is 4.79 Å². The van der Waals surface area contributed by atoms with E-state index in [-0.39, 0.29) is 36.8 Å². The van der Waals surface area contributed by atoms with E-state index in [0.717, 1.165) is 24.2 Å². The molecular formula is C27H32N4O5. The standard InChI is InChI=1S/C27H32N4O5/c1-35-21-7-4-6-19(16-21)17-24(32)30-13-10-20(11-14-30)27(23-9-2-3-12-28-23)25(33)31(26(34)29-27)18-22-8-5-15-36-22/h2-4,6-7,9,12,16,20,22H,5,8,10-11,13-15,17-18H2,1H3,(H,29,34)/t22-,27+/m1/s1. The predicted octanol–water partition coefficient (Wildman–Crippen LogP) is 2.50. The monoisotopic (exact) mass is 492 g/mol. The summed E-state index contributed by atoms with van der Waals surface area (Å²) in [5.41, 5.74) is 0.201. The molecule has 190 valence electrons. The van der Waals surface area contributed by atoms with E-state index < -0.39 is 11.6 Å². The summed E-state index contributed by atoms with van der Waals surface area (Å²) < 4.78 is 11.0. The molecular weight excluding hydrogens is 460 g/mol. The van der Waals surface area contributed by atoms with Gasteiger partial charge < -0.3 is 19.7 Å². The van der Waals surface area contributed by atoms with E-state index in [1.807, 2.05) is 35.2 Å². The first-order valence-electron chi connectivity index (χ1n) is 12.6. The Kier molecular flexibility index (Phi) is 6.91. The Bertz CT molecular complexity index is 1110. The van der Waals surface area contributed by atoms with E-state index in [1.165, 1.54) is 4.90 Å². The molecule has 0 saturated carbocycles. The molecule has 1 N–H and O–H groups in total. The number of urea groups is 1. The van der Waals surface area contributed by atoms with Gasteiger partial charge in [-0.3, -0.25) is 19.5 Å². The number of ether oxygens (including phenoxy) is 2. The van der Waals surface area contributed by atoms with Crippen molar-refractivity contribution in [3.63, 3.8) is 0 Å². The molecule has 3 aliphatic heterocycles. The van der Waals surface area contributed by atoms with Crippen molar-refractivity contribution in [2.75, 3.05) is 33.4 Å². The average Bonchev–Trinajstić information content (AvgIpc) is 3.52. The number of hydrogen-bond donors (Lipinski definition) is 1.